The third kappa shape index (κ3) is 3.18. The number of aliphatic hydroxyl groups excluding tert-OH is 1. The molecule has 1 aliphatic rings. The van der Waals surface area contributed by atoms with E-state index in [0.29, 0.717) is 29.7 Å². The van der Waals surface area contributed by atoms with Gasteiger partial charge in [0.1, 0.15) is 6.10 Å². The first kappa shape index (κ1) is 14.7. The second kappa shape index (κ2) is 6.26. The summed E-state index contributed by atoms with van der Waals surface area (Å²) in [6, 6.07) is 10.9. The summed E-state index contributed by atoms with van der Waals surface area (Å²) in [5, 5.41) is 11.1. The monoisotopic (exact) mass is 368 g/mol. The molecule has 1 N–H and O–H groups in total. The lowest BCUT2D eigenvalue weighted by atomic mass is 10.0. The minimum absolute atomic E-state index is 0.597. The van der Waals surface area contributed by atoms with E-state index < -0.39 is 6.10 Å². The summed E-state index contributed by atoms with van der Waals surface area (Å²) in [7, 11) is 0. The highest BCUT2D eigenvalue weighted by atomic mass is 79.9. The Bertz CT molecular complexity index is 660. The highest BCUT2D eigenvalue weighted by molar-refractivity contribution is 9.10. The molecule has 1 aliphatic heterocycles. The molecule has 0 bridgehead atoms. The van der Waals surface area contributed by atoms with Gasteiger partial charge in [-0.2, -0.15) is 0 Å². The number of hydrogen-bond donors (Lipinski definition) is 1. The van der Waals surface area contributed by atoms with E-state index in [9.17, 15) is 5.11 Å². The molecule has 110 valence electrons. The molecule has 3 nitrogen and oxygen atoms in total. The molecule has 1 heterocycles. The first-order valence-electron chi connectivity index (χ1n) is 6.68. The molecule has 0 aromatic heterocycles. The van der Waals surface area contributed by atoms with Gasteiger partial charge in [-0.15, -0.1) is 0 Å². The fourth-order valence-corrected chi connectivity index (χ4v) is 3.05. The van der Waals surface area contributed by atoms with Crippen molar-refractivity contribution in [3.8, 4) is 11.5 Å². The molecule has 5 heteroatoms. The minimum Gasteiger partial charge on any atom is -0.490 e. The SMILES string of the molecule is OC(c1cccc(Cl)c1)c1cc(Br)c2c(c1)OCCCO2. The van der Waals surface area contributed by atoms with Crippen molar-refractivity contribution in [3.63, 3.8) is 0 Å². The highest BCUT2D eigenvalue weighted by Gasteiger charge is 2.19. The van der Waals surface area contributed by atoms with Gasteiger partial charge < -0.3 is 14.6 Å². The lowest BCUT2D eigenvalue weighted by Gasteiger charge is -2.16. The van der Waals surface area contributed by atoms with Gasteiger partial charge in [0.15, 0.2) is 11.5 Å². The van der Waals surface area contributed by atoms with E-state index in [1.54, 1.807) is 12.1 Å². The van der Waals surface area contributed by atoms with Gasteiger partial charge >= 0.3 is 0 Å². The van der Waals surface area contributed by atoms with Gasteiger partial charge in [0.05, 0.1) is 17.7 Å². The number of hydrogen-bond acceptors (Lipinski definition) is 3. The van der Waals surface area contributed by atoms with E-state index in [2.05, 4.69) is 15.9 Å². The standard InChI is InChI=1S/C16H14BrClO3/c17-13-8-11(9-14-16(13)21-6-2-5-20-14)15(19)10-3-1-4-12(18)7-10/h1,3-4,7-9,15,19H,2,5-6H2. The Labute approximate surface area is 136 Å². The van der Waals surface area contributed by atoms with Gasteiger partial charge in [0.2, 0.25) is 0 Å². The molecule has 0 spiro atoms. The zero-order valence-corrected chi connectivity index (χ0v) is 13.5. The molecule has 0 aliphatic carbocycles. The Morgan fingerprint density at radius 2 is 1.90 bits per heavy atom. The van der Waals surface area contributed by atoms with Crippen LogP contribution in [0.1, 0.15) is 23.7 Å². The van der Waals surface area contributed by atoms with Gasteiger partial charge in [-0.3, -0.25) is 0 Å². The van der Waals surface area contributed by atoms with E-state index in [1.807, 2.05) is 24.3 Å². The van der Waals surface area contributed by atoms with Crippen molar-refractivity contribution in [1.29, 1.82) is 0 Å². The molecule has 0 saturated heterocycles. The van der Waals surface area contributed by atoms with Crippen molar-refractivity contribution in [3.05, 3.63) is 57.0 Å². The largest absolute Gasteiger partial charge is 0.490 e. The second-order valence-corrected chi connectivity index (χ2v) is 6.13. The third-order valence-corrected chi connectivity index (χ3v) is 4.13. The minimum atomic E-state index is -0.767. The molecule has 21 heavy (non-hydrogen) atoms. The Hall–Kier alpha value is -1.23. The van der Waals surface area contributed by atoms with E-state index in [-0.39, 0.29) is 0 Å². The van der Waals surface area contributed by atoms with E-state index >= 15 is 0 Å². The summed E-state index contributed by atoms with van der Waals surface area (Å²) in [5.41, 5.74) is 1.47. The Morgan fingerprint density at radius 3 is 2.71 bits per heavy atom. The lowest BCUT2D eigenvalue weighted by Crippen LogP contribution is -2.01. The van der Waals surface area contributed by atoms with Gasteiger partial charge in [-0.1, -0.05) is 23.7 Å². The molecule has 0 amide bonds. The smallest absolute Gasteiger partial charge is 0.175 e. The van der Waals surface area contributed by atoms with Crippen LogP contribution in [0.3, 0.4) is 0 Å². The van der Waals surface area contributed by atoms with Gasteiger partial charge in [-0.05, 0) is 51.3 Å². The average molecular weight is 370 g/mol. The third-order valence-electron chi connectivity index (χ3n) is 3.30. The van der Waals surface area contributed by atoms with Crippen LogP contribution in [0.5, 0.6) is 11.5 Å². The summed E-state index contributed by atoms with van der Waals surface area (Å²) >= 11 is 9.46. The lowest BCUT2D eigenvalue weighted by molar-refractivity contribution is 0.219. The van der Waals surface area contributed by atoms with Crippen molar-refractivity contribution in [2.45, 2.75) is 12.5 Å². The fourth-order valence-electron chi connectivity index (χ4n) is 2.28. The van der Waals surface area contributed by atoms with Crippen LogP contribution < -0.4 is 9.47 Å². The van der Waals surface area contributed by atoms with Crippen LogP contribution in [-0.2, 0) is 0 Å². The van der Waals surface area contributed by atoms with Crippen LogP contribution in [0.4, 0.5) is 0 Å². The summed E-state index contributed by atoms with van der Waals surface area (Å²) in [5.74, 6) is 1.34. The molecular weight excluding hydrogens is 356 g/mol. The summed E-state index contributed by atoms with van der Waals surface area (Å²) in [4.78, 5) is 0. The number of rotatable bonds is 2. The van der Waals surface area contributed by atoms with Crippen LogP contribution in [0.15, 0.2) is 40.9 Å². The van der Waals surface area contributed by atoms with Crippen LogP contribution in [-0.4, -0.2) is 18.3 Å². The summed E-state index contributed by atoms with van der Waals surface area (Å²) in [6.45, 7) is 1.23. The van der Waals surface area contributed by atoms with Crippen LogP contribution in [0.2, 0.25) is 5.02 Å². The normalized spacial score (nSPS) is 15.4. The van der Waals surface area contributed by atoms with E-state index in [0.717, 1.165) is 22.0 Å². The molecule has 0 radical (unpaired) electrons. The maximum absolute atomic E-state index is 10.5. The van der Waals surface area contributed by atoms with Crippen molar-refractivity contribution in [1.82, 2.24) is 0 Å². The quantitative estimate of drug-likeness (QED) is 0.855. The predicted molar refractivity (Wildman–Crippen MR) is 85.3 cm³/mol. The van der Waals surface area contributed by atoms with E-state index in [4.69, 9.17) is 21.1 Å². The van der Waals surface area contributed by atoms with Crippen molar-refractivity contribution in [2.75, 3.05) is 13.2 Å². The molecule has 1 unspecified atom stereocenters. The van der Waals surface area contributed by atoms with Crippen LogP contribution in [0, 0.1) is 0 Å². The Morgan fingerprint density at radius 1 is 1.10 bits per heavy atom. The summed E-state index contributed by atoms with van der Waals surface area (Å²) in [6.07, 6.45) is 0.0741. The summed E-state index contributed by atoms with van der Waals surface area (Å²) < 4.78 is 12.1. The first-order valence-corrected chi connectivity index (χ1v) is 7.85. The Balaban J connectivity index is 1.99. The number of aliphatic hydroxyl groups is 1. The van der Waals surface area contributed by atoms with Crippen molar-refractivity contribution < 1.29 is 14.6 Å². The molecule has 1 atom stereocenters. The number of benzene rings is 2. The second-order valence-electron chi connectivity index (χ2n) is 4.84. The van der Waals surface area contributed by atoms with Crippen molar-refractivity contribution >= 4 is 27.5 Å². The fraction of sp³-hybridized carbons (Fsp3) is 0.250. The molecular formula is C16H14BrClO3. The first-order chi connectivity index (χ1) is 10.1. The molecule has 3 rings (SSSR count). The maximum Gasteiger partial charge on any atom is 0.175 e. The van der Waals surface area contributed by atoms with E-state index in [1.165, 1.54) is 0 Å². The van der Waals surface area contributed by atoms with Gasteiger partial charge in [-0.25, -0.2) is 0 Å². The zero-order valence-electron chi connectivity index (χ0n) is 11.2. The molecule has 2 aromatic rings. The number of halogens is 2. The molecule has 0 saturated carbocycles. The zero-order chi connectivity index (χ0) is 14.8. The number of fused-ring (bicyclic) bond motifs is 1. The molecule has 0 fully saturated rings. The topological polar surface area (TPSA) is 38.7 Å². The van der Waals surface area contributed by atoms with Gasteiger partial charge in [0.25, 0.3) is 0 Å². The maximum atomic E-state index is 10.5. The van der Waals surface area contributed by atoms with Crippen molar-refractivity contribution in [2.24, 2.45) is 0 Å². The average Bonchev–Trinajstić information content (AvgIpc) is 2.72. The predicted octanol–water partition coefficient (Wildman–Crippen LogP) is 4.35. The Kier molecular flexibility index (Phi) is 4.38. The van der Waals surface area contributed by atoms with Crippen LogP contribution in [0.25, 0.3) is 0 Å². The van der Waals surface area contributed by atoms with Gasteiger partial charge in [0, 0.05) is 11.4 Å². The molecule has 2 aromatic carbocycles. The van der Waals surface area contributed by atoms with Crippen LogP contribution >= 0.6 is 27.5 Å². The highest BCUT2D eigenvalue weighted by Crippen LogP contribution is 2.40. The number of ether oxygens (including phenoxy) is 2.